The van der Waals surface area contributed by atoms with Crippen LogP contribution in [0.4, 0.5) is 18.0 Å². The predicted molar refractivity (Wildman–Crippen MR) is 159 cm³/mol. The van der Waals surface area contributed by atoms with Crippen molar-refractivity contribution < 1.29 is 41.8 Å². The molecule has 2 heterocycles. The Morgan fingerprint density at radius 1 is 1.00 bits per heavy atom. The Labute approximate surface area is 262 Å². The van der Waals surface area contributed by atoms with Gasteiger partial charge in [-0.25, -0.2) is 14.7 Å². The lowest BCUT2D eigenvalue weighted by atomic mass is 9.76. The third-order valence-corrected chi connectivity index (χ3v) is 8.17. The minimum atomic E-state index is -5.21. The molecule has 0 atom stereocenters. The van der Waals surface area contributed by atoms with Crippen molar-refractivity contribution in [2.75, 3.05) is 20.2 Å². The van der Waals surface area contributed by atoms with E-state index in [4.69, 9.17) is 14.2 Å². The van der Waals surface area contributed by atoms with E-state index in [0.717, 1.165) is 10.5 Å². The maximum Gasteiger partial charge on any atom is 0.471 e. The Balaban J connectivity index is 1.40. The van der Waals surface area contributed by atoms with Gasteiger partial charge < -0.3 is 19.1 Å². The highest BCUT2D eigenvalue weighted by Gasteiger charge is 2.59. The number of fused-ring (bicyclic) bond motifs is 1. The van der Waals surface area contributed by atoms with E-state index in [1.807, 2.05) is 30.3 Å². The monoisotopic (exact) mass is 644 g/mol. The number of methoxy groups -OCH3 is 1. The minimum Gasteiger partial charge on any atom is -0.493 e. The molecule has 2 aliphatic rings. The zero-order chi connectivity index (χ0) is 33.4. The standard InChI is InChI=1S/C32H35F3N4O7/c1-30(2,3)46-29(43)38-14-15-39(28(42)32(33,34)35)31(27(38)41)12-10-21(11-13-31)45-25-16-22-23(17-24(25)44-4)36-19-37(26(22)40)18-20-8-6-5-7-9-20/h5-9,16-17,19,21H,10-15,18H2,1-4H3. The van der Waals surface area contributed by atoms with Crippen LogP contribution in [-0.4, -0.2) is 80.9 Å². The van der Waals surface area contributed by atoms with Crippen LogP contribution in [0.1, 0.15) is 52.0 Å². The van der Waals surface area contributed by atoms with Gasteiger partial charge in [0.25, 0.3) is 11.5 Å². The molecule has 0 radical (unpaired) electrons. The van der Waals surface area contributed by atoms with Crippen LogP contribution < -0.4 is 15.0 Å². The zero-order valence-electron chi connectivity index (χ0n) is 25.9. The molecule has 1 saturated heterocycles. The van der Waals surface area contributed by atoms with E-state index in [1.165, 1.54) is 24.1 Å². The second kappa shape index (κ2) is 12.3. The lowest BCUT2D eigenvalue weighted by molar-refractivity contribution is -0.199. The van der Waals surface area contributed by atoms with E-state index in [9.17, 15) is 32.3 Å². The molecule has 0 bridgehead atoms. The Bertz CT molecular complexity index is 1690. The molecule has 2 aromatic carbocycles. The number of alkyl halides is 3. The number of ether oxygens (including phenoxy) is 3. The molecule has 0 unspecified atom stereocenters. The van der Waals surface area contributed by atoms with Crippen molar-refractivity contribution in [2.24, 2.45) is 0 Å². The van der Waals surface area contributed by atoms with Crippen molar-refractivity contribution in [1.29, 1.82) is 0 Å². The average Bonchev–Trinajstić information content (AvgIpc) is 2.99. The van der Waals surface area contributed by atoms with E-state index >= 15 is 0 Å². The van der Waals surface area contributed by atoms with E-state index in [-0.39, 0.29) is 42.4 Å². The van der Waals surface area contributed by atoms with Crippen LogP contribution in [0.2, 0.25) is 0 Å². The van der Waals surface area contributed by atoms with Gasteiger partial charge >= 0.3 is 18.2 Å². The van der Waals surface area contributed by atoms with Gasteiger partial charge in [-0.3, -0.25) is 19.0 Å². The molecule has 246 valence electrons. The fourth-order valence-electron chi connectivity index (χ4n) is 5.98. The number of halogens is 3. The van der Waals surface area contributed by atoms with Crippen molar-refractivity contribution >= 4 is 28.8 Å². The third-order valence-electron chi connectivity index (χ3n) is 8.17. The van der Waals surface area contributed by atoms with Crippen LogP contribution in [-0.2, 0) is 20.9 Å². The van der Waals surface area contributed by atoms with E-state index in [0.29, 0.717) is 22.7 Å². The first kappa shape index (κ1) is 32.8. The number of rotatable bonds is 5. The molecule has 2 fully saturated rings. The van der Waals surface area contributed by atoms with Crippen LogP contribution in [0.5, 0.6) is 11.5 Å². The topological polar surface area (TPSA) is 120 Å². The van der Waals surface area contributed by atoms with Gasteiger partial charge in [0, 0.05) is 19.2 Å². The molecule has 14 heteroatoms. The number of hydrogen-bond acceptors (Lipinski definition) is 8. The van der Waals surface area contributed by atoms with Crippen molar-refractivity contribution in [3.8, 4) is 11.5 Å². The molecule has 11 nitrogen and oxygen atoms in total. The Kier molecular flexibility index (Phi) is 8.75. The number of piperazine rings is 1. The van der Waals surface area contributed by atoms with E-state index in [1.54, 1.807) is 26.8 Å². The van der Waals surface area contributed by atoms with Gasteiger partial charge in [0.2, 0.25) is 0 Å². The first-order chi connectivity index (χ1) is 21.6. The summed E-state index contributed by atoms with van der Waals surface area (Å²) < 4.78 is 59.5. The fraction of sp³-hybridized carbons (Fsp3) is 0.469. The van der Waals surface area contributed by atoms with Crippen molar-refractivity contribution in [3.63, 3.8) is 0 Å². The average molecular weight is 645 g/mol. The first-order valence-electron chi connectivity index (χ1n) is 14.8. The van der Waals surface area contributed by atoms with Gasteiger partial charge in [0.15, 0.2) is 11.5 Å². The molecular weight excluding hydrogens is 609 g/mol. The van der Waals surface area contributed by atoms with Crippen molar-refractivity contribution in [2.45, 2.75) is 76.4 Å². The molecular formula is C32H35F3N4O7. The molecule has 1 saturated carbocycles. The van der Waals surface area contributed by atoms with Gasteiger partial charge in [0.05, 0.1) is 37.0 Å². The van der Waals surface area contributed by atoms with Crippen LogP contribution in [0.25, 0.3) is 10.9 Å². The Morgan fingerprint density at radius 3 is 2.28 bits per heavy atom. The molecule has 46 heavy (non-hydrogen) atoms. The summed E-state index contributed by atoms with van der Waals surface area (Å²) >= 11 is 0. The number of nitrogens with zero attached hydrogens (tertiary/aromatic N) is 4. The highest BCUT2D eigenvalue weighted by atomic mass is 19.4. The summed E-state index contributed by atoms with van der Waals surface area (Å²) in [5, 5.41) is 0.277. The quantitative estimate of drug-likeness (QED) is 0.393. The van der Waals surface area contributed by atoms with Crippen LogP contribution >= 0.6 is 0 Å². The Hall–Kier alpha value is -4.62. The van der Waals surface area contributed by atoms with Gasteiger partial charge in [-0.15, -0.1) is 0 Å². The molecule has 3 aromatic rings. The number of hydrogen-bond donors (Lipinski definition) is 0. The molecule has 5 rings (SSSR count). The fourth-order valence-corrected chi connectivity index (χ4v) is 5.98. The summed E-state index contributed by atoms with van der Waals surface area (Å²) in [6.07, 6.45) is -5.60. The molecule has 1 aliphatic carbocycles. The number of carbonyl (C=O) groups is 3. The maximum atomic E-state index is 13.7. The molecule has 1 aromatic heterocycles. The highest BCUT2D eigenvalue weighted by Crippen LogP contribution is 2.42. The number of aromatic nitrogens is 2. The summed E-state index contributed by atoms with van der Waals surface area (Å²) in [6, 6.07) is 12.5. The van der Waals surface area contributed by atoms with Gasteiger partial charge in [-0.2, -0.15) is 13.2 Å². The van der Waals surface area contributed by atoms with Crippen molar-refractivity contribution in [1.82, 2.24) is 19.4 Å². The van der Waals surface area contributed by atoms with Crippen LogP contribution in [0.3, 0.4) is 0 Å². The smallest absolute Gasteiger partial charge is 0.471 e. The molecule has 3 amide bonds. The van der Waals surface area contributed by atoms with E-state index < -0.39 is 54.4 Å². The normalized spacial score (nSPS) is 20.6. The van der Waals surface area contributed by atoms with Gasteiger partial charge in [0.1, 0.15) is 11.1 Å². The number of amides is 3. The lowest BCUT2D eigenvalue weighted by Gasteiger charge is -2.51. The molecule has 1 aliphatic heterocycles. The second-order valence-electron chi connectivity index (χ2n) is 12.4. The third kappa shape index (κ3) is 6.51. The predicted octanol–water partition coefficient (Wildman–Crippen LogP) is 4.68. The molecule has 0 N–H and O–H groups in total. The lowest BCUT2D eigenvalue weighted by Crippen LogP contribution is -2.71. The molecule has 1 spiro atoms. The zero-order valence-corrected chi connectivity index (χ0v) is 25.9. The van der Waals surface area contributed by atoms with Gasteiger partial charge in [-0.05, 0) is 58.1 Å². The number of imide groups is 1. The first-order valence-corrected chi connectivity index (χ1v) is 14.8. The van der Waals surface area contributed by atoms with Crippen molar-refractivity contribution in [3.05, 3.63) is 64.7 Å². The maximum absolute atomic E-state index is 13.7. The minimum absolute atomic E-state index is 0.0714. The largest absolute Gasteiger partial charge is 0.493 e. The van der Waals surface area contributed by atoms with E-state index in [2.05, 4.69) is 4.98 Å². The summed E-state index contributed by atoms with van der Waals surface area (Å²) in [6.45, 7) is 4.19. The number of benzene rings is 2. The Morgan fingerprint density at radius 2 is 1.67 bits per heavy atom. The number of carbonyl (C=O) groups excluding carboxylic acids is 3. The van der Waals surface area contributed by atoms with Gasteiger partial charge in [-0.1, -0.05) is 30.3 Å². The summed E-state index contributed by atoms with van der Waals surface area (Å²) in [7, 11) is 1.42. The summed E-state index contributed by atoms with van der Waals surface area (Å²) in [5.41, 5.74) is -1.87. The summed E-state index contributed by atoms with van der Waals surface area (Å²) in [4.78, 5) is 58.2. The summed E-state index contributed by atoms with van der Waals surface area (Å²) in [5.74, 6) is -2.54. The van der Waals surface area contributed by atoms with Crippen LogP contribution in [0.15, 0.2) is 53.6 Å². The second-order valence-corrected chi connectivity index (χ2v) is 12.4. The SMILES string of the molecule is COc1cc2ncn(Cc3ccccc3)c(=O)c2cc1OC1CCC2(CC1)C(=O)N(C(=O)OC(C)(C)C)CCN2C(=O)C(F)(F)F. The van der Waals surface area contributed by atoms with Crippen LogP contribution in [0, 0.1) is 0 Å². The highest BCUT2D eigenvalue weighted by molar-refractivity contribution is 6.01.